The molecule has 8 heteroatoms. The molecule has 2 unspecified atom stereocenters. The Balaban J connectivity index is 2.00. The number of ether oxygens (including phenoxy) is 2. The number of piperidine rings is 1. The Bertz CT molecular complexity index is 899. The number of halogens is 1. The number of nitrogens with zero attached hydrogens (tertiary/aromatic N) is 3. The summed E-state index contributed by atoms with van der Waals surface area (Å²) in [7, 11) is 2.97. The summed E-state index contributed by atoms with van der Waals surface area (Å²) in [6.45, 7) is 3.55. The first-order valence-electron chi connectivity index (χ1n) is 8.71. The van der Waals surface area contributed by atoms with Crippen molar-refractivity contribution in [2.75, 3.05) is 32.2 Å². The van der Waals surface area contributed by atoms with Gasteiger partial charge in [-0.15, -0.1) is 0 Å². The molecular weight excluding hydrogens is 370 g/mol. The smallest absolute Gasteiger partial charge is 0.340 e. The molecule has 1 saturated heterocycles. The van der Waals surface area contributed by atoms with Gasteiger partial charge < -0.3 is 14.4 Å². The number of esters is 1. The maximum atomic E-state index is 12.9. The van der Waals surface area contributed by atoms with Crippen LogP contribution < -0.4 is 10.5 Å². The Kier molecular flexibility index (Phi) is 5.82. The molecule has 0 saturated carbocycles. The molecule has 27 heavy (non-hydrogen) atoms. The van der Waals surface area contributed by atoms with Gasteiger partial charge in [0.1, 0.15) is 5.02 Å². The van der Waals surface area contributed by atoms with E-state index in [0.29, 0.717) is 23.8 Å². The van der Waals surface area contributed by atoms with Gasteiger partial charge in [0.25, 0.3) is 5.56 Å². The fraction of sp³-hybridized carbons (Fsp3) is 0.421. The Hall–Kier alpha value is -2.38. The van der Waals surface area contributed by atoms with Crippen LogP contribution in [0.3, 0.4) is 0 Å². The molecule has 0 radical (unpaired) electrons. The molecule has 1 aromatic heterocycles. The lowest BCUT2D eigenvalue weighted by Crippen LogP contribution is -2.44. The largest absolute Gasteiger partial charge is 0.465 e. The van der Waals surface area contributed by atoms with Gasteiger partial charge in [0.05, 0.1) is 36.3 Å². The van der Waals surface area contributed by atoms with E-state index < -0.39 is 11.5 Å². The lowest BCUT2D eigenvalue weighted by molar-refractivity contribution is 0.0498. The van der Waals surface area contributed by atoms with Crippen LogP contribution in [0.4, 0.5) is 5.69 Å². The molecule has 0 spiro atoms. The van der Waals surface area contributed by atoms with Crippen molar-refractivity contribution in [3.8, 4) is 5.69 Å². The first-order chi connectivity index (χ1) is 13.0. The molecule has 0 bridgehead atoms. The average molecular weight is 392 g/mol. The van der Waals surface area contributed by atoms with Gasteiger partial charge in [-0.05, 0) is 24.5 Å². The van der Waals surface area contributed by atoms with E-state index in [1.165, 1.54) is 7.11 Å². The molecule has 1 aromatic carbocycles. The minimum Gasteiger partial charge on any atom is -0.465 e. The van der Waals surface area contributed by atoms with Crippen LogP contribution in [-0.2, 0) is 9.47 Å². The summed E-state index contributed by atoms with van der Waals surface area (Å²) in [4.78, 5) is 26.9. The van der Waals surface area contributed by atoms with Crippen molar-refractivity contribution in [2.24, 2.45) is 5.92 Å². The van der Waals surface area contributed by atoms with Crippen LogP contribution in [0, 0.1) is 5.92 Å². The van der Waals surface area contributed by atoms with Crippen molar-refractivity contribution in [3.63, 3.8) is 0 Å². The van der Waals surface area contributed by atoms with Crippen LogP contribution in [0.1, 0.15) is 23.7 Å². The lowest BCUT2D eigenvalue weighted by atomic mass is 9.95. The normalized spacial score (nSPS) is 19.8. The van der Waals surface area contributed by atoms with Gasteiger partial charge in [-0.2, -0.15) is 9.78 Å². The molecule has 2 atom stereocenters. The molecule has 2 aromatic rings. The van der Waals surface area contributed by atoms with Gasteiger partial charge in [0.2, 0.25) is 0 Å². The number of carbonyl (C=O) groups is 1. The van der Waals surface area contributed by atoms with Crippen LogP contribution in [0.25, 0.3) is 5.69 Å². The van der Waals surface area contributed by atoms with Gasteiger partial charge in [0.15, 0.2) is 0 Å². The van der Waals surface area contributed by atoms with Crippen LogP contribution in [0.15, 0.2) is 35.3 Å². The molecule has 3 rings (SSSR count). The summed E-state index contributed by atoms with van der Waals surface area (Å²) in [5, 5.41) is 4.33. The molecule has 144 valence electrons. The van der Waals surface area contributed by atoms with Gasteiger partial charge in [-0.3, -0.25) is 4.79 Å². The molecule has 1 fully saturated rings. The van der Waals surface area contributed by atoms with Crippen molar-refractivity contribution in [1.29, 1.82) is 0 Å². The van der Waals surface area contributed by atoms with E-state index in [4.69, 9.17) is 21.1 Å². The third kappa shape index (κ3) is 3.70. The second-order valence-electron chi connectivity index (χ2n) is 6.56. The van der Waals surface area contributed by atoms with E-state index in [1.54, 1.807) is 37.6 Å². The van der Waals surface area contributed by atoms with Crippen molar-refractivity contribution >= 4 is 23.3 Å². The fourth-order valence-corrected chi connectivity index (χ4v) is 3.56. The highest BCUT2D eigenvalue weighted by Crippen LogP contribution is 2.28. The van der Waals surface area contributed by atoms with E-state index in [9.17, 15) is 9.59 Å². The minimum atomic E-state index is -0.549. The van der Waals surface area contributed by atoms with Gasteiger partial charge in [0, 0.05) is 20.2 Å². The summed E-state index contributed by atoms with van der Waals surface area (Å²) in [6.07, 6.45) is 2.56. The third-order valence-electron chi connectivity index (χ3n) is 4.97. The van der Waals surface area contributed by atoms with Crippen LogP contribution >= 0.6 is 11.6 Å². The molecule has 0 N–H and O–H groups in total. The van der Waals surface area contributed by atoms with Crippen LogP contribution in [0.2, 0.25) is 5.02 Å². The SMILES string of the molecule is COC(=O)c1ccccc1-n1ncc(N2CCC(C)C(OC)C2)c(Cl)c1=O. The molecule has 7 nitrogen and oxygen atoms in total. The summed E-state index contributed by atoms with van der Waals surface area (Å²) < 4.78 is 11.4. The van der Waals surface area contributed by atoms with E-state index in [-0.39, 0.29) is 16.7 Å². The molecule has 0 aliphatic carbocycles. The number of aromatic nitrogens is 2. The molecule has 0 amide bonds. The lowest BCUT2D eigenvalue weighted by Gasteiger charge is -2.37. The first-order valence-corrected chi connectivity index (χ1v) is 9.09. The zero-order valence-corrected chi connectivity index (χ0v) is 16.3. The number of rotatable bonds is 4. The van der Waals surface area contributed by atoms with E-state index >= 15 is 0 Å². The average Bonchev–Trinajstić information content (AvgIpc) is 2.70. The number of methoxy groups -OCH3 is 2. The Morgan fingerprint density at radius 2 is 2.00 bits per heavy atom. The minimum absolute atomic E-state index is 0.0640. The number of hydrogen-bond acceptors (Lipinski definition) is 6. The number of benzene rings is 1. The highest BCUT2D eigenvalue weighted by Gasteiger charge is 2.28. The molecular formula is C19H22ClN3O4. The third-order valence-corrected chi connectivity index (χ3v) is 5.33. The Morgan fingerprint density at radius 1 is 1.26 bits per heavy atom. The summed E-state index contributed by atoms with van der Waals surface area (Å²) in [5.74, 6) is -0.113. The van der Waals surface area contributed by atoms with Crippen LogP contribution in [-0.4, -0.2) is 49.2 Å². The van der Waals surface area contributed by atoms with Crippen molar-refractivity contribution in [2.45, 2.75) is 19.4 Å². The summed E-state index contributed by atoms with van der Waals surface area (Å²) in [6, 6.07) is 6.61. The maximum absolute atomic E-state index is 12.9. The summed E-state index contributed by atoms with van der Waals surface area (Å²) in [5.41, 5.74) is 0.648. The van der Waals surface area contributed by atoms with E-state index in [0.717, 1.165) is 17.6 Å². The molecule has 2 heterocycles. The van der Waals surface area contributed by atoms with Crippen molar-refractivity contribution in [3.05, 3.63) is 51.4 Å². The van der Waals surface area contributed by atoms with Gasteiger partial charge >= 0.3 is 5.97 Å². The highest BCUT2D eigenvalue weighted by atomic mass is 35.5. The number of hydrogen-bond donors (Lipinski definition) is 0. The fourth-order valence-electron chi connectivity index (χ4n) is 3.32. The van der Waals surface area contributed by atoms with E-state index in [1.807, 2.05) is 4.90 Å². The van der Waals surface area contributed by atoms with Crippen molar-refractivity contribution in [1.82, 2.24) is 9.78 Å². The second-order valence-corrected chi connectivity index (χ2v) is 6.93. The van der Waals surface area contributed by atoms with Crippen molar-refractivity contribution < 1.29 is 14.3 Å². The standard InChI is InChI=1S/C19H22ClN3O4/c1-12-8-9-22(11-16(12)26-2)15-10-21-23(18(24)17(15)20)14-7-5-4-6-13(14)19(25)27-3/h4-7,10,12,16H,8-9,11H2,1-3H3. The second kappa shape index (κ2) is 8.10. The zero-order chi connectivity index (χ0) is 19.6. The molecule has 1 aliphatic rings. The number of carbonyl (C=O) groups excluding carboxylic acids is 1. The maximum Gasteiger partial charge on any atom is 0.340 e. The predicted molar refractivity (Wildman–Crippen MR) is 103 cm³/mol. The van der Waals surface area contributed by atoms with Crippen LogP contribution in [0.5, 0.6) is 0 Å². The highest BCUT2D eigenvalue weighted by molar-refractivity contribution is 6.33. The predicted octanol–water partition coefficient (Wildman–Crippen LogP) is 2.53. The molecule has 1 aliphatic heterocycles. The van der Waals surface area contributed by atoms with Gasteiger partial charge in [-0.25, -0.2) is 4.79 Å². The first kappa shape index (κ1) is 19.4. The quantitative estimate of drug-likeness (QED) is 0.746. The Labute approximate surface area is 162 Å². The van der Waals surface area contributed by atoms with E-state index in [2.05, 4.69) is 12.0 Å². The topological polar surface area (TPSA) is 73.7 Å². The summed E-state index contributed by atoms with van der Waals surface area (Å²) >= 11 is 6.40. The zero-order valence-electron chi connectivity index (χ0n) is 15.5. The van der Waals surface area contributed by atoms with Gasteiger partial charge in [-0.1, -0.05) is 30.7 Å². The monoisotopic (exact) mass is 391 g/mol. The number of anilines is 1. The Morgan fingerprint density at radius 3 is 2.70 bits per heavy atom. The number of para-hydroxylation sites is 1.